The van der Waals surface area contributed by atoms with Crippen LogP contribution in [-0.4, -0.2) is 5.71 Å². The lowest BCUT2D eigenvalue weighted by molar-refractivity contribution is 0.0868. The molecule has 1 aliphatic heterocycles. The Bertz CT molecular complexity index is 849. The van der Waals surface area contributed by atoms with Crippen LogP contribution in [0.3, 0.4) is 0 Å². The number of nitrogens with zero attached hydrogens (tertiary/aromatic N) is 1. The smallest absolute Gasteiger partial charge is 0.158 e. The third-order valence-corrected chi connectivity index (χ3v) is 4.55. The van der Waals surface area contributed by atoms with E-state index in [0.717, 1.165) is 22.2 Å². The van der Waals surface area contributed by atoms with Gasteiger partial charge in [0.1, 0.15) is 0 Å². The zero-order chi connectivity index (χ0) is 14.9. The Labute approximate surface area is 137 Å². The molecule has 0 saturated carbocycles. The van der Waals surface area contributed by atoms with Crippen LogP contribution in [0.2, 0.25) is 0 Å². The number of hydrogen-bond acceptors (Lipinski definition) is 2. The largest absolute Gasteiger partial charge is 0.387 e. The maximum absolute atomic E-state index is 5.72. The highest BCUT2D eigenvalue weighted by molar-refractivity contribution is 9.10. The van der Waals surface area contributed by atoms with E-state index in [-0.39, 0.29) is 6.10 Å². The molecule has 1 unspecified atom stereocenters. The molecule has 0 amide bonds. The van der Waals surface area contributed by atoms with Crippen LogP contribution in [0, 0.1) is 0 Å². The van der Waals surface area contributed by atoms with Gasteiger partial charge < -0.3 is 4.84 Å². The summed E-state index contributed by atoms with van der Waals surface area (Å²) in [6.07, 6.45) is 0.792. The summed E-state index contributed by atoms with van der Waals surface area (Å²) >= 11 is 3.46. The van der Waals surface area contributed by atoms with Crippen molar-refractivity contribution in [3.8, 4) is 0 Å². The molecule has 0 N–H and O–H groups in total. The van der Waals surface area contributed by atoms with Crippen LogP contribution in [0.15, 0.2) is 76.4 Å². The Hall–Kier alpha value is -2.13. The molecular formula is C19H14BrNO. The van der Waals surface area contributed by atoms with Crippen LogP contribution < -0.4 is 0 Å². The lowest BCUT2D eigenvalue weighted by atomic mass is 9.96. The van der Waals surface area contributed by atoms with Gasteiger partial charge in [0.15, 0.2) is 6.10 Å². The zero-order valence-electron chi connectivity index (χ0n) is 11.9. The highest BCUT2D eigenvalue weighted by Gasteiger charge is 2.25. The topological polar surface area (TPSA) is 21.6 Å². The van der Waals surface area contributed by atoms with Crippen molar-refractivity contribution in [2.24, 2.45) is 5.16 Å². The molecule has 4 rings (SSSR count). The number of rotatable bonds is 2. The second-order valence-electron chi connectivity index (χ2n) is 5.41. The number of oxime groups is 1. The monoisotopic (exact) mass is 351 g/mol. The fraction of sp³-hybridized carbons (Fsp3) is 0.105. The van der Waals surface area contributed by atoms with Gasteiger partial charge in [0.25, 0.3) is 0 Å². The summed E-state index contributed by atoms with van der Waals surface area (Å²) in [7, 11) is 0. The van der Waals surface area contributed by atoms with E-state index < -0.39 is 0 Å². The molecule has 1 heterocycles. The summed E-state index contributed by atoms with van der Waals surface area (Å²) in [6.45, 7) is 0. The molecular weight excluding hydrogens is 338 g/mol. The van der Waals surface area contributed by atoms with Crippen molar-refractivity contribution in [1.82, 2.24) is 0 Å². The van der Waals surface area contributed by atoms with Crippen LogP contribution in [0.5, 0.6) is 0 Å². The van der Waals surface area contributed by atoms with Crippen molar-refractivity contribution in [3.05, 3.63) is 82.3 Å². The summed E-state index contributed by atoms with van der Waals surface area (Å²) in [5.74, 6) is 0. The number of benzene rings is 3. The average Bonchev–Trinajstić information content (AvgIpc) is 3.05. The van der Waals surface area contributed by atoms with E-state index in [1.165, 1.54) is 16.3 Å². The van der Waals surface area contributed by atoms with Gasteiger partial charge in [-0.1, -0.05) is 75.7 Å². The third kappa shape index (κ3) is 2.42. The summed E-state index contributed by atoms with van der Waals surface area (Å²) in [6, 6.07) is 22.9. The molecule has 0 fully saturated rings. The van der Waals surface area contributed by atoms with E-state index in [1.54, 1.807) is 0 Å². The minimum absolute atomic E-state index is 0.00949. The van der Waals surface area contributed by atoms with E-state index >= 15 is 0 Å². The Morgan fingerprint density at radius 3 is 2.55 bits per heavy atom. The molecule has 2 nitrogen and oxygen atoms in total. The molecule has 0 radical (unpaired) electrons. The minimum Gasteiger partial charge on any atom is -0.387 e. The first-order chi connectivity index (χ1) is 10.8. The molecule has 1 atom stereocenters. The van der Waals surface area contributed by atoms with Crippen LogP contribution in [-0.2, 0) is 4.84 Å². The Morgan fingerprint density at radius 1 is 0.909 bits per heavy atom. The average molecular weight is 352 g/mol. The fourth-order valence-corrected chi connectivity index (χ4v) is 3.15. The van der Waals surface area contributed by atoms with E-state index in [0.29, 0.717) is 0 Å². The molecule has 0 aromatic heterocycles. The molecule has 108 valence electrons. The van der Waals surface area contributed by atoms with Gasteiger partial charge >= 0.3 is 0 Å². The zero-order valence-corrected chi connectivity index (χ0v) is 13.5. The normalized spacial score (nSPS) is 17.3. The van der Waals surface area contributed by atoms with Crippen molar-refractivity contribution >= 4 is 32.4 Å². The molecule has 0 aliphatic carbocycles. The van der Waals surface area contributed by atoms with Crippen LogP contribution >= 0.6 is 15.9 Å². The van der Waals surface area contributed by atoms with Crippen molar-refractivity contribution in [1.29, 1.82) is 0 Å². The van der Waals surface area contributed by atoms with E-state index in [9.17, 15) is 0 Å². The van der Waals surface area contributed by atoms with Gasteiger partial charge in [0, 0.05) is 16.5 Å². The number of halogens is 1. The molecule has 0 spiro atoms. The van der Waals surface area contributed by atoms with Gasteiger partial charge in [-0.15, -0.1) is 0 Å². The summed E-state index contributed by atoms with van der Waals surface area (Å²) in [4.78, 5) is 5.72. The van der Waals surface area contributed by atoms with Crippen molar-refractivity contribution < 1.29 is 4.84 Å². The first-order valence-electron chi connectivity index (χ1n) is 7.27. The van der Waals surface area contributed by atoms with Gasteiger partial charge in [-0.2, -0.15) is 0 Å². The van der Waals surface area contributed by atoms with Gasteiger partial charge in [-0.25, -0.2) is 0 Å². The quantitative estimate of drug-likeness (QED) is 0.599. The van der Waals surface area contributed by atoms with Crippen molar-refractivity contribution in [2.75, 3.05) is 0 Å². The van der Waals surface area contributed by atoms with Gasteiger partial charge in [0.05, 0.1) is 5.71 Å². The van der Waals surface area contributed by atoms with Crippen LogP contribution in [0.1, 0.15) is 23.7 Å². The maximum Gasteiger partial charge on any atom is 0.158 e. The first-order valence-corrected chi connectivity index (χ1v) is 8.07. The predicted octanol–water partition coefficient (Wildman–Crippen LogP) is 5.47. The predicted molar refractivity (Wildman–Crippen MR) is 93.1 cm³/mol. The second kappa shape index (κ2) is 5.58. The minimum atomic E-state index is -0.00949. The highest BCUT2D eigenvalue weighted by atomic mass is 79.9. The molecule has 3 aromatic rings. The second-order valence-corrected chi connectivity index (χ2v) is 6.33. The van der Waals surface area contributed by atoms with Crippen LogP contribution in [0.4, 0.5) is 0 Å². The van der Waals surface area contributed by atoms with Crippen LogP contribution in [0.25, 0.3) is 10.8 Å². The Balaban J connectivity index is 1.65. The SMILES string of the molecule is Brc1ccc(C2=NOC(c3cccc4ccccc34)C2)cc1. The lowest BCUT2D eigenvalue weighted by Gasteiger charge is -2.11. The molecule has 0 saturated heterocycles. The first kappa shape index (κ1) is 13.5. The Kier molecular flexibility index (Phi) is 3.43. The number of hydrogen-bond donors (Lipinski definition) is 0. The molecule has 1 aliphatic rings. The van der Waals surface area contributed by atoms with E-state index in [4.69, 9.17) is 4.84 Å². The molecule has 22 heavy (non-hydrogen) atoms. The van der Waals surface area contributed by atoms with Gasteiger partial charge in [0.2, 0.25) is 0 Å². The summed E-state index contributed by atoms with van der Waals surface area (Å²) < 4.78 is 1.07. The summed E-state index contributed by atoms with van der Waals surface area (Å²) in [5, 5.41) is 6.78. The molecule has 3 heteroatoms. The van der Waals surface area contributed by atoms with Crippen molar-refractivity contribution in [2.45, 2.75) is 12.5 Å². The summed E-state index contributed by atoms with van der Waals surface area (Å²) in [5.41, 5.74) is 3.32. The Morgan fingerprint density at radius 2 is 1.68 bits per heavy atom. The van der Waals surface area contributed by atoms with E-state index in [2.05, 4.69) is 75.7 Å². The van der Waals surface area contributed by atoms with E-state index in [1.807, 2.05) is 12.1 Å². The molecule has 3 aromatic carbocycles. The lowest BCUT2D eigenvalue weighted by Crippen LogP contribution is -2.02. The third-order valence-electron chi connectivity index (χ3n) is 4.02. The maximum atomic E-state index is 5.72. The standard InChI is InChI=1S/C19H14BrNO/c20-15-10-8-14(9-11-15)18-12-19(22-21-18)17-7-3-5-13-4-1-2-6-16(13)17/h1-11,19H,12H2. The van der Waals surface area contributed by atoms with Crippen molar-refractivity contribution in [3.63, 3.8) is 0 Å². The van der Waals surface area contributed by atoms with Gasteiger partial charge in [-0.05, 0) is 28.5 Å². The number of fused-ring (bicyclic) bond motifs is 1. The fourth-order valence-electron chi connectivity index (χ4n) is 2.89. The molecule has 0 bridgehead atoms. The van der Waals surface area contributed by atoms with Gasteiger partial charge in [-0.3, -0.25) is 0 Å². The highest BCUT2D eigenvalue weighted by Crippen LogP contribution is 2.34.